The van der Waals surface area contributed by atoms with Crippen LogP contribution in [0.2, 0.25) is 0 Å². The summed E-state index contributed by atoms with van der Waals surface area (Å²) in [5.41, 5.74) is 7.58. The number of hydrogen-bond acceptors (Lipinski definition) is 5. The summed E-state index contributed by atoms with van der Waals surface area (Å²) in [6, 6.07) is 4.23. The summed E-state index contributed by atoms with van der Waals surface area (Å²) in [5.74, 6) is 0.765. The number of likely N-dealkylation sites (N-methyl/N-ethyl adjacent to an activating group) is 1. The third-order valence-corrected chi connectivity index (χ3v) is 3.84. The molecule has 96 valence electrons. The highest BCUT2D eigenvalue weighted by atomic mass is 32.1. The maximum Gasteiger partial charge on any atom is 0.225 e. The standard InChI is InChI=1S/C13H18N4S/c1-10-11(8-14)9-15-13(16-10)17(2)6-5-12-4-3-7-18-12/h3-4,7,9H,5-6,8,14H2,1-2H3. The van der Waals surface area contributed by atoms with Crippen molar-refractivity contribution in [2.75, 3.05) is 18.5 Å². The molecule has 0 unspecified atom stereocenters. The Morgan fingerprint density at radius 3 is 2.89 bits per heavy atom. The largest absolute Gasteiger partial charge is 0.344 e. The SMILES string of the molecule is Cc1nc(N(C)CCc2cccs2)ncc1CN. The van der Waals surface area contributed by atoms with E-state index in [4.69, 9.17) is 5.73 Å². The molecule has 0 aromatic carbocycles. The van der Waals surface area contributed by atoms with Crippen molar-refractivity contribution in [3.05, 3.63) is 39.8 Å². The predicted molar refractivity (Wildman–Crippen MR) is 76.0 cm³/mol. The molecule has 2 heterocycles. The van der Waals surface area contributed by atoms with Gasteiger partial charge in [0, 0.05) is 42.5 Å². The highest BCUT2D eigenvalue weighted by Crippen LogP contribution is 2.13. The Hall–Kier alpha value is -1.46. The molecule has 0 radical (unpaired) electrons. The molecule has 0 saturated heterocycles. The molecule has 0 fully saturated rings. The van der Waals surface area contributed by atoms with Crippen molar-refractivity contribution in [2.24, 2.45) is 5.73 Å². The number of hydrogen-bond donors (Lipinski definition) is 1. The second kappa shape index (κ2) is 5.93. The molecule has 2 aromatic rings. The van der Waals surface area contributed by atoms with Crippen LogP contribution in [0.15, 0.2) is 23.7 Å². The third kappa shape index (κ3) is 3.05. The first-order chi connectivity index (χ1) is 8.70. The van der Waals surface area contributed by atoms with Crippen LogP contribution in [-0.2, 0) is 13.0 Å². The van der Waals surface area contributed by atoms with Gasteiger partial charge in [-0.1, -0.05) is 6.07 Å². The van der Waals surface area contributed by atoms with Crippen LogP contribution < -0.4 is 10.6 Å². The van der Waals surface area contributed by atoms with Gasteiger partial charge in [0.15, 0.2) is 0 Å². The third-order valence-electron chi connectivity index (χ3n) is 2.90. The molecule has 0 amide bonds. The number of nitrogens with two attached hydrogens (primary N) is 1. The first-order valence-corrected chi connectivity index (χ1v) is 6.84. The summed E-state index contributed by atoms with van der Waals surface area (Å²) in [6.07, 6.45) is 2.84. The van der Waals surface area contributed by atoms with Crippen LogP contribution in [-0.4, -0.2) is 23.6 Å². The zero-order valence-electron chi connectivity index (χ0n) is 10.8. The van der Waals surface area contributed by atoms with Crippen molar-refractivity contribution in [3.63, 3.8) is 0 Å². The molecule has 0 aliphatic heterocycles. The lowest BCUT2D eigenvalue weighted by atomic mass is 10.2. The van der Waals surface area contributed by atoms with E-state index in [1.54, 1.807) is 11.3 Å². The zero-order chi connectivity index (χ0) is 13.0. The van der Waals surface area contributed by atoms with Crippen LogP contribution in [0, 0.1) is 6.92 Å². The van der Waals surface area contributed by atoms with Crippen molar-refractivity contribution >= 4 is 17.3 Å². The second-order valence-electron chi connectivity index (χ2n) is 4.24. The van der Waals surface area contributed by atoms with E-state index in [1.165, 1.54) is 4.88 Å². The number of aromatic nitrogens is 2. The number of rotatable bonds is 5. The van der Waals surface area contributed by atoms with Crippen LogP contribution in [0.25, 0.3) is 0 Å². The van der Waals surface area contributed by atoms with E-state index in [1.807, 2.05) is 20.2 Å². The van der Waals surface area contributed by atoms with Gasteiger partial charge in [0.05, 0.1) is 0 Å². The average Bonchev–Trinajstić information content (AvgIpc) is 2.89. The Balaban J connectivity index is 2.00. The lowest BCUT2D eigenvalue weighted by Gasteiger charge is -2.17. The second-order valence-corrected chi connectivity index (χ2v) is 5.27. The zero-order valence-corrected chi connectivity index (χ0v) is 11.6. The molecule has 0 bridgehead atoms. The van der Waals surface area contributed by atoms with Gasteiger partial charge in [0.25, 0.3) is 0 Å². The quantitative estimate of drug-likeness (QED) is 0.895. The maximum absolute atomic E-state index is 5.61. The van der Waals surface area contributed by atoms with Crippen LogP contribution in [0.3, 0.4) is 0 Å². The monoisotopic (exact) mass is 262 g/mol. The van der Waals surface area contributed by atoms with Crippen molar-refractivity contribution in [2.45, 2.75) is 19.9 Å². The van der Waals surface area contributed by atoms with E-state index in [-0.39, 0.29) is 0 Å². The van der Waals surface area contributed by atoms with E-state index in [9.17, 15) is 0 Å². The highest BCUT2D eigenvalue weighted by Gasteiger charge is 2.07. The molecular weight excluding hydrogens is 244 g/mol. The summed E-state index contributed by atoms with van der Waals surface area (Å²) < 4.78 is 0. The smallest absolute Gasteiger partial charge is 0.225 e. The molecule has 2 rings (SSSR count). The average molecular weight is 262 g/mol. The van der Waals surface area contributed by atoms with Crippen LogP contribution in [0.5, 0.6) is 0 Å². The Morgan fingerprint density at radius 1 is 1.44 bits per heavy atom. The van der Waals surface area contributed by atoms with Crippen LogP contribution in [0.4, 0.5) is 5.95 Å². The van der Waals surface area contributed by atoms with Gasteiger partial charge in [-0.2, -0.15) is 0 Å². The highest BCUT2D eigenvalue weighted by molar-refractivity contribution is 7.09. The fourth-order valence-corrected chi connectivity index (χ4v) is 2.39. The summed E-state index contributed by atoms with van der Waals surface area (Å²) in [5, 5.41) is 2.10. The Labute approximate surface area is 111 Å². The van der Waals surface area contributed by atoms with Crippen LogP contribution >= 0.6 is 11.3 Å². The molecule has 2 aromatic heterocycles. The molecule has 18 heavy (non-hydrogen) atoms. The van der Waals surface area contributed by atoms with Gasteiger partial charge >= 0.3 is 0 Å². The molecule has 5 heteroatoms. The van der Waals surface area contributed by atoms with Gasteiger partial charge in [0.2, 0.25) is 5.95 Å². The summed E-state index contributed by atoms with van der Waals surface area (Å²) >= 11 is 1.79. The van der Waals surface area contributed by atoms with Gasteiger partial charge in [0.1, 0.15) is 0 Å². The van der Waals surface area contributed by atoms with Crippen molar-refractivity contribution < 1.29 is 0 Å². The molecule has 0 atom stereocenters. The fourth-order valence-electron chi connectivity index (χ4n) is 1.70. The normalized spacial score (nSPS) is 10.6. The van der Waals surface area contributed by atoms with E-state index in [0.717, 1.165) is 30.2 Å². The predicted octanol–water partition coefficient (Wildman–Crippen LogP) is 1.98. The van der Waals surface area contributed by atoms with Crippen molar-refractivity contribution in [1.29, 1.82) is 0 Å². The molecule has 0 aliphatic rings. The minimum Gasteiger partial charge on any atom is -0.344 e. The Morgan fingerprint density at radius 2 is 2.28 bits per heavy atom. The van der Waals surface area contributed by atoms with Gasteiger partial charge in [-0.25, -0.2) is 9.97 Å². The summed E-state index contributed by atoms with van der Waals surface area (Å²) in [4.78, 5) is 12.3. The lowest BCUT2D eigenvalue weighted by Crippen LogP contribution is -2.23. The molecule has 2 N–H and O–H groups in total. The Kier molecular flexibility index (Phi) is 4.28. The molecule has 4 nitrogen and oxygen atoms in total. The van der Waals surface area contributed by atoms with Gasteiger partial charge in [-0.15, -0.1) is 11.3 Å². The minimum absolute atomic E-state index is 0.491. The van der Waals surface area contributed by atoms with Gasteiger partial charge < -0.3 is 10.6 Å². The lowest BCUT2D eigenvalue weighted by molar-refractivity contribution is 0.831. The van der Waals surface area contributed by atoms with E-state index < -0.39 is 0 Å². The number of nitrogens with zero attached hydrogens (tertiary/aromatic N) is 3. The topological polar surface area (TPSA) is 55.0 Å². The summed E-state index contributed by atoms with van der Waals surface area (Å²) in [6.45, 7) is 3.38. The minimum atomic E-state index is 0.491. The summed E-state index contributed by atoms with van der Waals surface area (Å²) in [7, 11) is 2.02. The number of thiophene rings is 1. The van der Waals surface area contributed by atoms with E-state index in [2.05, 4.69) is 32.4 Å². The number of aryl methyl sites for hydroxylation is 1. The number of anilines is 1. The van der Waals surface area contributed by atoms with Crippen molar-refractivity contribution in [1.82, 2.24) is 9.97 Å². The maximum atomic E-state index is 5.61. The Bertz CT molecular complexity index is 496. The van der Waals surface area contributed by atoms with E-state index in [0.29, 0.717) is 6.54 Å². The van der Waals surface area contributed by atoms with Gasteiger partial charge in [-0.3, -0.25) is 0 Å². The fraction of sp³-hybridized carbons (Fsp3) is 0.385. The first kappa shape index (κ1) is 13.0. The molecule has 0 saturated carbocycles. The molecular formula is C13H18N4S. The molecule has 0 aliphatic carbocycles. The van der Waals surface area contributed by atoms with Crippen LogP contribution in [0.1, 0.15) is 16.1 Å². The van der Waals surface area contributed by atoms with Crippen molar-refractivity contribution in [3.8, 4) is 0 Å². The molecule has 0 spiro atoms. The van der Waals surface area contributed by atoms with E-state index >= 15 is 0 Å². The first-order valence-electron chi connectivity index (χ1n) is 5.97. The van der Waals surface area contributed by atoms with Gasteiger partial charge in [-0.05, 0) is 24.8 Å².